The van der Waals surface area contributed by atoms with Gasteiger partial charge in [-0.25, -0.2) is 0 Å². The van der Waals surface area contributed by atoms with E-state index in [9.17, 15) is 0 Å². The molecule has 0 spiro atoms. The molecule has 0 atom stereocenters. The van der Waals surface area contributed by atoms with Gasteiger partial charge in [-0.2, -0.15) is 5.10 Å². The summed E-state index contributed by atoms with van der Waals surface area (Å²) < 4.78 is 7.54. The van der Waals surface area contributed by atoms with E-state index in [1.54, 1.807) is 13.2 Å². The maximum Gasteiger partial charge on any atom is 0.191 e. The number of hydrogen-bond acceptors (Lipinski definition) is 3. The maximum absolute atomic E-state index is 5.66. The molecule has 1 aromatic heterocycles. The van der Waals surface area contributed by atoms with Crippen LogP contribution in [-0.4, -0.2) is 42.5 Å². The number of hydrogen-bond donors (Lipinski definition) is 2. The van der Waals surface area contributed by atoms with Gasteiger partial charge < -0.3 is 15.4 Å². The molecule has 0 saturated heterocycles. The molecule has 0 radical (unpaired) electrons. The quantitative estimate of drug-likeness (QED) is 0.306. The van der Waals surface area contributed by atoms with Gasteiger partial charge >= 0.3 is 0 Å². The first-order chi connectivity index (χ1) is 10.8. The molecular weight excluding hydrogens is 405 g/mol. The summed E-state index contributed by atoms with van der Waals surface area (Å²) >= 11 is 0. The molecule has 2 rings (SSSR count). The molecule has 0 fully saturated rings. The summed E-state index contributed by atoms with van der Waals surface area (Å²) in [6.45, 7) is 4.90. The Morgan fingerprint density at radius 1 is 1.22 bits per heavy atom. The number of aryl methyl sites for hydroxylation is 1. The predicted octanol–water partition coefficient (Wildman–Crippen LogP) is 2.05. The highest BCUT2D eigenvalue weighted by Gasteiger charge is 1.98. The second kappa shape index (κ2) is 10.9. The molecule has 0 unspecified atom stereocenters. The maximum atomic E-state index is 5.66. The fourth-order valence-corrected chi connectivity index (χ4v) is 1.91. The van der Waals surface area contributed by atoms with Crippen LogP contribution in [0, 0.1) is 6.92 Å². The SMILES string of the molecule is CN=C(NCCOc1ccc(C)cc1)NCCn1cccn1.I. The molecule has 1 heterocycles. The minimum absolute atomic E-state index is 0. The van der Waals surface area contributed by atoms with Gasteiger partial charge in [0.25, 0.3) is 0 Å². The molecule has 126 valence electrons. The number of guanidine groups is 1. The predicted molar refractivity (Wildman–Crippen MR) is 104 cm³/mol. The Morgan fingerprint density at radius 3 is 2.61 bits per heavy atom. The third-order valence-corrected chi connectivity index (χ3v) is 3.10. The van der Waals surface area contributed by atoms with Crippen LogP contribution in [0.5, 0.6) is 5.75 Å². The van der Waals surface area contributed by atoms with Crippen molar-refractivity contribution < 1.29 is 4.74 Å². The number of benzene rings is 1. The van der Waals surface area contributed by atoms with Crippen molar-refractivity contribution in [1.29, 1.82) is 0 Å². The summed E-state index contributed by atoms with van der Waals surface area (Å²) in [5.74, 6) is 1.65. The Balaban J connectivity index is 0.00000264. The molecule has 0 aliphatic heterocycles. The van der Waals surface area contributed by atoms with Gasteiger partial charge in [0.15, 0.2) is 5.96 Å². The summed E-state index contributed by atoms with van der Waals surface area (Å²) in [6.07, 6.45) is 3.71. The molecular formula is C16H24IN5O. The van der Waals surface area contributed by atoms with Gasteiger partial charge in [0, 0.05) is 26.0 Å². The Hall–Kier alpha value is -1.77. The Labute approximate surface area is 154 Å². The van der Waals surface area contributed by atoms with Crippen LogP contribution >= 0.6 is 24.0 Å². The zero-order valence-electron chi connectivity index (χ0n) is 13.5. The molecule has 1 aromatic carbocycles. The third kappa shape index (κ3) is 7.36. The summed E-state index contributed by atoms with van der Waals surface area (Å²) in [6, 6.07) is 9.95. The van der Waals surface area contributed by atoms with E-state index in [4.69, 9.17) is 4.74 Å². The Bertz CT molecular complexity index is 569. The van der Waals surface area contributed by atoms with E-state index in [1.807, 2.05) is 41.2 Å². The number of nitrogens with zero attached hydrogens (tertiary/aromatic N) is 3. The number of aromatic nitrogens is 2. The number of nitrogens with one attached hydrogen (secondary N) is 2. The standard InChI is InChI=1S/C16H23N5O.HI/c1-14-4-6-15(7-5-14)22-13-10-19-16(17-2)18-9-12-21-11-3-8-20-21;/h3-8,11H,9-10,12-13H2,1-2H3,(H2,17,18,19);1H. The van der Waals surface area contributed by atoms with Crippen molar-refractivity contribution in [2.45, 2.75) is 13.5 Å². The van der Waals surface area contributed by atoms with Crippen molar-refractivity contribution in [1.82, 2.24) is 20.4 Å². The first-order valence-electron chi connectivity index (χ1n) is 7.39. The van der Waals surface area contributed by atoms with Crippen LogP contribution < -0.4 is 15.4 Å². The Morgan fingerprint density at radius 2 is 1.96 bits per heavy atom. The molecule has 7 heteroatoms. The third-order valence-electron chi connectivity index (χ3n) is 3.10. The average molecular weight is 429 g/mol. The molecule has 6 nitrogen and oxygen atoms in total. The topological polar surface area (TPSA) is 63.5 Å². The van der Waals surface area contributed by atoms with Gasteiger partial charge in [-0.1, -0.05) is 17.7 Å². The second-order valence-electron chi connectivity index (χ2n) is 4.86. The highest BCUT2D eigenvalue weighted by Crippen LogP contribution is 2.10. The van der Waals surface area contributed by atoms with Crippen molar-refractivity contribution in [3.8, 4) is 5.75 Å². The smallest absolute Gasteiger partial charge is 0.191 e. The van der Waals surface area contributed by atoms with E-state index in [0.717, 1.165) is 24.8 Å². The van der Waals surface area contributed by atoms with Gasteiger partial charge in [-0.05, 0) is 25.1 Å². The highest BCUT2D eigenvalue weighted by molar-refractivity contribution is 14.0. The molecule has 2 N–H and O–H groups in total. The molecule has 0 bridgehead atoms. The van der Waals surface area contributed by atoms with Gasteiger partial charge in [0.2, 0.25) is 0 Å². The van der Waals surface area contributed by atoms with Gasteiger partial charge in [-0.3, -0.25) is 9.67 Å². The van der Waals surface area contributed by atoms with Crippen LogP contribution in [0.2, 0.25) is 0 Å². The molecule has 23 heavy (non-hydrogen) atoms. The molecule has 0 saturated carbocycles. The van der Waals surface area contributed by atoms with Crippen LogP contribution in [-0.2, 0) is 6.54 Å². The van der Waals surface area contributed by atoms with Crippen molar-refractivity contribution >= 4 is 29.9 Å². The number of halogens is 1. The fraction of sp³-hybridized carbons (Fsp3) is 0.375. The van der Waals surface area contributed by atoms with Crippen molar-refractivity contribution in [2.75, 3.05) is 26.7 Å². The fourth-order valence-electron chi connectivity index (χ4n) is 1.91. The van der Waals surface area contributed by atoms with Crippen LogP contribution in [0.25, 0.3) is 0 Å². The molecule has 2 aromatic rings. The van der Waals surface area contributed by atoms with E-state index >= 15 is 0 Å². The first-order valence-corrected chi connectivity index (χ1v) is 7.39. The largest absolute Gasteiger partial charge is 0.492 e. The van der Waals surface area contributed by atoms with E-state index in [1.165, 1.54) is 5.56 Å². The lowest BCUT2D eigenvalue weighted by Gasteiger charge is -2.12. The van der Waals surface area contributed by atoms with E-state index in [-0.39, 0.29) is 24.0 Å². The zero-order chi connectivity index (χ0) is 15.6. The second-order valence-corrected chi connectivity index (χ2v) is 4.86. The zero-order valence-corrected chi connectivity index (χ0v) is 15.9. The lowest BCUT2D eigenvalue weighted by molar-refractivity contribution is 0.322. The van der Waals surface area contributed by atoms with Gasteiger partial charge in [-0.15, -0.1) is 24.0 Å². The minimum atomic E-state index is 0. The molecule has 0 aliphatic rings. The molecule has 0 amide bonds. The lowest BCUT2D eigenvalue weighted by atomic mass is 10.2. The molecule has 0 aliphatic carbocycles. The van der Waals surface area contributed by atoms with E-state index in [2.05, 4.69) is 27.6 Å². The van der Waals surface area contributed by atoms with Crippen molar-refractivity contribution in [3.05, 3.63) is 48.3 Å². The number of aliphatic imine (C=N–C) groups is 1. The summed E-state index contributed by atoms with van der Waals surface area (Å²) in [4.78, 5) is 4.17. The highest BCUT2D eigenvalue weighted by atomic mass is 127. The van der Waals surface area contributed by atoms with Crippen molar-refractivity contribution in [2.24, 2.45) is 4.99 Å². The Kier molecular flexibility index (Phi) is 9.11. The normalized spacial score (nSPS) is 10.8. The first kappa shape index (κ1) is 19.3. The average Bonchev–Trinajstić information content (AvgIpc) is 3.04. The minimum Gasteiger partial charge on any atom is -0.492 e. The van der Waals surface area contributed by atoms with E-state index in [0.29, 0.717) is 13.2 Å². The van der Waals surface area contributed by atoms with Gasteiger partial charge in [0.05, 0.1) is 13.1 Å². The van der Waals surface area contributed by atoms with Gasteiger partial charge in [0.1, 0.15) is 12.4 Å². The summed E-state index contributed by atoms with van der Waals surface area (Å²) in [5, 5.41) is 10.6. The summed E-state index contributed by atoms with van der Waals surface area (Å²) in [7, 11) is 1.75. The number of ether oxygens (including phenoxy) is 1. The van der Waals surface area contributed by atoms with E-state index < -0.39 is 0 Å². The van der Waals surface area contributed by atoms with Crippen LogP contribution in [0.4, 0.5) is 0 Å². The van der Waals surface area contributed by atoms with Crippen LogP contribution in [0.3, 0.4) is 0 Å². The monoisotopic (exact) mass is 429 g/mol. The lowest BCUT2D eigenvalue weighted by Crippen LogP contribution is -2.40. The van der Waals surface area contributed by atoms with Crippen molar-refractivity contribution in [3.63, 3.8) is 0 Å². The van der Waals surface area contributed by atoms with Crippen LogP contribution in [0.1, 0.15) is 5.56 Å². The summed E-state index contributed by atoms with van der Waals surface area (Å²) in [5.41, 5.74) is 1.23. The van der Waals surface area contributed by atoms with Crippen LogP contribution in [0.15, 0.2) is 47.7 Å². The number of rotatable bonds is 7.